The Kier molecular flexibility index (Phi) is 3.92. The minimum Gasteiger partial charge on any atom is -0.489 e. The summed E-state index contributed by atoms with van der Waals surface area (Å²) in [6, 6.07) is 7.22. The summed E-state index contributed by atoms with van der Waals surface area (Å²) >= 11 is 0. The van der Waals surface area contributed by atoms with Crippen LogP contribution in [0.2, 0.25) is 0 Å². The Labute approximate surface area is 115 Å². The van der Waals surface area contributed by atoms with Crippen molar-refractivity contribution in [2.24, 2.45) is 0 Å². The van der Waals surface area contributed by atoms with Crippen LogP contribution in [0.4, 0.5) is 5.69 Å². The van der Waals surface area contributed by atoms with Gasteiger partial charge in [0.25, 0.3) is 0 Å². The van der Waals surface area contributed by atoms with Crippen LogP contribution in [-0.2, 0) is 6.54 Å². The smallest absolute Gasteiger partial charge is 0.146 e. The highest BCUT2D eigenvalue weighted by molar-refractivity contribution is 5.61. The number of benzene rings is 1. The number of ether oxygens (including phenoxy) is 1. The largest absolute Gasteiger partial charge is 0.489 e. The summed E-state index contributed by atoms with van der Waals surface area (Å²) < 4.78 is 5.88. The summed E-state index contributed by atoms with van der Waals surface area (Å²) in [5.74, 6) is 1.08. The van der Waals surface area contributed by atoms with Gasteiger partial charge in [-0.2, -0.15) is 0 Å². The van der Waals surface area contributed by atoms with Gasteiger partial charge in [0, 0.05) is 24.7 Å². The first-order chi connectivity index (χ1) is 9.38. The van der Waals surface area contributed by atoms with E-state index in [1.54, 1.807) is 0 Å². The molecule has 0 amide bonds. The Hall–Kier alpha value is -1.22. The average Bonchev–Trinajstić information content (AvgIpc) is 2.48. The molecule has 2 aliphatic heterocycles. The van der Waals surface area contributed by atoms with Gasteiger partial charge in [-0.25, -0.2) is 0 Å². The van der Waals surface area contributed by atoms with E-state index >= 15 is 0 Å². The molecule has 3 nitrogen and oxygen atoms in total. The fourth-order valence-electron chi connectivity index (χ4n) is 3.31. The highest BCUT2D eigenvalue weighted by atomic mass is 16.5. The van der Waals surface area contributed by atoms with Crippen LogP contribution in [0, 0.1) is 0 Å². The third-order valence-electron chi connectivity index (χ3n) is 4.35. The first-order valence-corrected chi connectivity index (χ1v) is 7.61. The molecule has 0 aliphatic carbocycles. The minimum atomic E-state index is 0.751. The van der Waals surface area contributed by atoms with Crippen LogP contribution in [0.25, 0.3) is 0 Å². The molecular formula is C16H24N2O. The molecule has 2 aliphatic rings. The third-order valence-corrected chi connectivity index (χ3v) is 4.35. The van der Waals surface area contributed by atoms with Crippen LogP contribution in [0.1, 0.15) is 38.2 Å². The van der Waals surface area contributed by atoms with Crippen molar-refractivity contribution < 1.29 is 4.74 Å². The number of nitrogens with one attached hydrogen (secondary N) is 1. The van der Waals surface area contributed by atoms with Crippen molar-refractivity contribution in [1.29, 1.82) is 0 Å². The summed E-state index contributed by atoms with van der Waals surface area (Å²) in [5.41, 5.74) is 2.50. The van der Waals surface area contributed by atoms with Crippen LogP contribution in [0.5, 0.6) is 5.75 Å². The van der Waals surface area contributed by atoms with E-state index in [0.29, 0.717) is 0 Å². The van der Waals surface area contributed by atoms with Gasteiger partial charge in [-0.15, -0.1) is 0 Å². The summed E-state index contributed by atoms with van der Waals surface area (Å²) in [5, 5.41) is 3.42. The van der Waals surface area contributed by atoms with Gasteiger partial charge in [0.1, 0.15) is 12.4 Å². The molecule has 0 saturated carbocycles. The Bertz CT molecular complexity index is 433. The van der Waals surface area contributed by atoms with E-state index in [1.165, 1.54) is 37.8 Å². The maximum atomic E-state index is 5.88. The van der Waals surface area contributed by atoms with Crippen molar-refractivity contribution in [3.63, 3.8) is 0 Å². The van der Waals surface area contributed by atoms with Crippen molar-refractivity contribution in [2.75, 3.05) is 25.0 Å². The lowest BCUT2D eigenvalue weighted by Crippen LogP contribution is -2.38. The molecule has 0 radical (unpaired) electrons. The lowest BCUT2D eigenvalue weighted by molar-refractivity contribution is 0.134. The molecule has 1 atom stereocenters. The molecule has 104 valence electrons. The Morgan fingerprint density at radius 3 is 3.21 bits per heavy atom. The molecule has 1 saturated heterocycles. The van der Waals surface area contributed by atoms with Gasteiger partial charge < -0.3 is 10.1 Å². The molecule has 3 heteroatoms. The molecule has 2 heterocycles. The highest BCUT2D eigenvalue weighted by Gasteiger charge is 2.23. The number of fused-ring (bicyclic) bond motifs is 1. The molecule has 0 spiro atoms. The van der Waals surface area contributed by atoms with Gasteiger partial charge in [-0.1, -0.05) is 25.5 Å². The third kappa shape index (κ3) is 2.71. The first-order valence-electron chi connectivity index (χ1n) is 7.61. The average molecular weight is 260 g/mol. The predicted molar refractivity (Wildman–Crippen MR) is 78.8 cm³/mol. The van der Waals surface area contributed by atoms with Crippen molar-refractivity contribution >= 4 is 5.69 Å². The summed E-state index contributed by atoms with van der Waals surface area (Å²) in [6.45, 7) is 6.26. The zero-order valence-corrected chi connectivity index (χ0v) is 11.8. The van der Waals surface area contributed by atoms with Crippen LogP contribution in [-0.4, -0.2) is 30.6 Å². The van der Waals surface area contributed by atoms with Gasteiger partial charge in [0.15, 0.2) is 0 Å². The number of rotatable bonds is 3. The Balaban J connectivity index is 1.78. The molecular weight excluding hydrogens is 236 g/mol. The number of hydrogen-bond acceptors (Lipinski definition) is 3. The Morgan fingerprint density at radius 2 is 2.32 bits per heavy atom. The second kappa shape index (κ2) is 5.83. The minimum absolute atomic E-state index is 0.751. The number of likely N-dealkylation sites (tertiary alicyclic amines) is 1. The molecule has 1 fully saturated rings. The molecule has 3 rings (SSSR count). The van der Waals surface area contributed by atoms with Crippen molar-refractivity contribution in [3.05, 3.63) is 23.8 Å². The SMILES string of the molecule is CCC1CCCCN1Cc1cccc2c1OCCN2. The van der Waals surface area contributed by atoms with E-state index in [4.69, 9.17) is 4.74 Å². The first kappa shape index (κ1) is 12.8. The molecule has 1 unspecified atom stereocenters. The molecule has 0 bridgehead atoms. The van der Waals surface area contributed by atoms with E-state index in [2.05, 4.69) is 35.3 Å². The van der Waals surface area contributed by atoms with E-state index in [9.17, 15) is 0 Å². The molecule has 19 heavy (non-hydrogen) atoms. The monoisotopic (exact) mass is 260 g/mol. The summed E-state index contributed by atoms with van der Waals surface area (Å²) in [7, 11) is 0. The topological polar surface area (TPSA) is 24.5 Å². The van der Waals surface area contributed by atoms with E-state index in [0.717, 1.165) is 37.2 Å². The van der Waals surface area contributed by atoms with Gasteiger partial charge in [0.2, 0.25) is 0 Å². The highest BCUT2D eigenvalue weighted by Crippen LogP contribution is 2.33. The summed E-state index contributed by atoms with van der Waals surface area (Å²) in [6.07, 6.45) is 5.34. The molecule has 1 aromatic carbocycles. The molecule has 1 N–H and O–H groups in total. The fraction of sp³-hybridized carbons (Fsp3) is 0.625. The number of piperidine rings is 1. The zero-order valence-electron chi connectivity index (χ0n) is 11.8. The second-order valence-corrected chi connectivity index (χ2v) is 5.60. The van der Waals surface area contributed by atoms with E-state index in [1.807, 2.05) is 0 Å². The quantitative estimate of drug-likeness (QED) is 0.903. The number of nitrogens with zero attached hydrogens (tertiary/aromatic N) is 1. The van der Waals surface area contributed by atoms with Gasteiger partial charge in [0.05, 0.1) is 5.69 Å². The predicted octanol–water partition coefficient (Wildman–Crippen LogP) is 3.26. The van der Waals surface area contributed by atoms with Crippen LogP contribution >= 0.6 is 0 Å². The van der Waals surface area contributed by atoms with Crippen molar-refractivity contribution in [1.82, 2.24) is 4.90 Å². The van der Waals surface area contributed by atoms with Gasteiger partial charge in [-0.05, 0) is 31.9 Å². The maximum absolute atomic E-state index is 5.88. The molecule has 1 aromatic rings. The standard InChI is InChI=1S/C16H24N2O/c1-2-14-7-3-4-10-18(14)12-13-6-5-8-15-16(13)19-11-9-17-15/h5-6,8,14,17H,2-4,7,9-12H2,1H3. The zero-order chi connectivity index (χ0) is 13.1. The van der Waals surface area contributed by atoms with E-state index < -0.39 is 0 Å². The van der Waals surface area contributed by atoms with Crippen LogP contribution in [0.3, 0.4) is 0 Å². The number of anilines is 1. The maximum Gasteiger partial charge on any atom is 0.146 e. The van der Waals surface area contributed by atoms with Crippen LogP contribution < -0.4 is 10.1 Å². The Morgan fingerprint density at radius 1 is 1.37 bits per heavy atom. The lowest BCUT2D eigenvalue weighted by atomic mass is 9.99. The fourth-order valence-corrected chi connectivity index (χ4v) is 3.31. The lowest BCUT2D eigenvalue weighted by Gasteiger charge is -2.36. The van der Waals surface area contributed by atoms with Gasteiger partial charge >= 0.3 is 0 Å². The number of hydrogen-bond donors (Lipinski definition) is 1. The van der Waals surface area contributed by atoms with Gasteiger partial charge in [-0.3, -0.25) is 4.90 Å². The van der Waals surface area contributed by atoms with E-state index in [-0.39, 0.29) is 0 Å². The normalized spacial score (nSPS) is 23.3. The summed E-state index contributed by atoms with van der Waals surface area (Å²) in [4.78, 5) is 2.64. The van der Waals surface area contributed by atoms with Crippen molar-refractivity contribution in [2.45, 2.75) is 45.2 Å². The number of para-hydroxylation sites is 1. The second-order valence-electron chi connectivity index (χ2n) is 5.60. The molecule has 0 aromatic heterocycles. The van der Waals surface area contributed by atoms with Crippen molar-refractivity contribution in [3.8, 4) is 5.75 Å². The van der Waals surface area contributed by atoms with Crippen LogP contribution in [0.15, 0.2) is 18.2 Å².